The molecule has 1 amide bonds. The van der Waals surface area contributed by atoms with E-state index < -0.39 is 72.8 Å². The Bertz CT molecular complexity index is 629. The number of alkyl halides is 9. The van der Waals surface area contributed by atoms with Crippen molar-refractivity contribution in [2.75, 3.05) is 6.61 Å². The summed E-state index contributed by atoms with van der Waals surface area (Å²) in [6.07, 6.45) is -19.3. The van der Waals surface area contributed by atoms with Crippen LogP contribution < -0.4 is 11.1 Å². The quantitative estimate of drug-likeness (QED) is 0.284. The van der Waals surface area contributed by atoms with E-state index >= 15 is 4.39 Å². The molecule has 0 spiro atoms. The summed E-state index contributed by atoms with van der Waals surface area (Å²) in [5.41, 5.74) is -12.5. The number of hydrogen-bond acceptors (Lipinski definition) is 5. The summed E-state index contributed by atoms with van der Waals surface area (Å²) in [6.45, 7) is -0.377. The van der Waals surface area contributed by atoms with Gasteiger partial charge in [0.05, 0.1) is 6.61 Å². The maximum Gasteiger partial charge on any atom is 0.434 e. The molecule has 0 aliphatic heterocycles. The Labute approximate surface area is 171 Å². The number of aliphatic hydroxyl groups is 2. The molecule has 0 radical (unpaired) electrons. The molecule has 0 saturated heterocycles. The average molecular weight is 480 g/mol. The van der Waals surface area contributed by atoms with Crippen LogP contribution in [-0.2, 0) is 9.53 Å². The normalized spacial score (nSPS) is 23.0. The second-order valence-electron chi connectivity index (χ2n) is 7.29. The second-order valence-corrected chi connectivity index (χ2v) is 7.29. The van der Waals surface area contributed by atoms with Crippen LogP contribution in [0, 0.1) is 0 Å². The third-order valence-electron chi connectivity index (χ3n) is 5.24. The van der Waals surface area contributed by atoms with Gasteiger partial charge in [0.15, 0.2) is 11.9 Å². The largest absolute Gasteiger partial charge is 0.434 e. The summed E-state index contributed by atoms with van der Waals surface area (Å²) in [6, 6.07) is 0. The number of nitrogens with two attached hydrogens (primary N) is 1. The molecule has 0 bridgehead atoms. The Morgan fingerprint density at radius 1 is 0.935 bits per heavy atom. The van der Waals surface area contributed by atoms with Gasteiger partial charge in [-0.2, -0.15) is 26.3 Å². The van der Waals surface area contributed by atoms with Crippen LogP contribution in [0.15, 0.2) is 0 Å². The minimum atomic E-state index is -6.16. The second kappa shape index (κ2) is 9.27. The maximum absolute atomic E-state index is 15.2. The van der Waals surface area contributed by atoms with Crippen LogP contribution in [-0.4, -0.2) is 70.1 Å². The topological polar surface area (TPSA) is 105 Å². The molecule has 0 fully saturated rings. The molecule has 0 aliphatic carbocycles. The van der Waals surface area contributed by atoms with E-state index in [9.17, 15) is 45.0 Å². The van der Waals surface area contributed by atoms with Gasteiger partial charge in [-0.15, -0.1) is 0 Å². The summed E-state index contributed by atoms with van der Waals surface area (Å²) >= 11 is 0. The van der Waals surface area contributed by atoms with Crippen LogP contribution in [0.25, 0.3) is 0 Å². The van der Waals surface area contributed by atoms with Gasteiger partial charge in [-0.3, -0.25) is 4.79 Å². The molecule has 6 nitrogen and oxygen atoms in total. The molecule has 6 atom stereocenters. The van der Waals surface area contributed by atoms with Gasteiger partial charge in [0.2, 0.25) is 0 Å². The molecule has 0 aliphatic rings. The highest BCUT2D eigenvalue weighted by molar-refractivity contribution is 5.87. The number of rotatable bonds is 10. The zero-order valence-electron chi connectivity index (χ0n) is 17.0. The minimum absolute atomic E-state index is 0.200. The standard InChI is InChI=1S/C16H25F9N2O4/c1-5-11(3,17)13(18,15(20,21)22)7-31-12(4,6-2)14(19,16(23,24)25)10(30)27-9(29)8(26)28/h8-9,28-29H,5-7,26H2,1-4H3,(H,27,30). The van der Waals surface area contributed by atoms with Crippen LogP contribution in [0.3, 0.4) is 0 Å². The number of halogens is 9. The van der Waals surface area contributed by atoms with Gasteiger partial charge in [-0.25, -0.2) is 13.2 Å². The van der Waals surface area contributed by atoms with Gasteiger partial charge in [0.1, 0.15) is 11.8 Å². The van der Waals surface area contributed by atoms with E-state index in [1.165, 1.54) is 0 Å². The first-order valence-electron chi connectivity index (χ1n) is 8.84. The molecule has 0 aromatic carbocycles. The van der Waals surface area contributed by atoms with Crippen molar-refractivity contribution in [1.29, 1.82) is 0 Å². The fourth-order valence-electron chi connectivity index (χ4n) is 2.50. The summed E-state index contributed by atoms with van der Waals surface area (Å²) in [4.78, 5) is 12.0. The summed E-state index contributed by atoms with van der Waals surface area (Å²) in [5.74, 6) is -2.68. The molecular weight excluding hydrogens is 455 g/mol. The first-order valence-corrected chi connectivity index (χ1v) is 8.84. The van der Waals surface area contributed by atoms with E-state index in [0.717, 1.165) is 19.2 Å². The average Bonchev–Trinajstić information content (AvgIpc) is 2.62. The van der Waals surface area contributed by atoms with Crippen molar-refractivity contribution < 1.29 is 59.3 Å². The van der Waals surface area contributed by atoms with Gasteiger partial charge < -0.3 is 26.0 Å². The van der Waals surface area contributed by atoms with E-state index in [2.05, 4.69) is 4.74 Å². The highest BCUT2D eigenvalue weighted by Gasteiger charge is 2.74. The number of amides is 1. The fraction of sp³-hybridized carbons (Fsp3) is 0.938. The lowest BCUT2D eigenvalue weighted by Gasteiger charge is -2.45. The fourth-order valence-corrected chi connectivity index (χ4v) is 2.50. The number of carbonyl (C=O) groups is 1. The van der Waals surface area contributed by atoms with Crippen molar-refractivity contribution in [3.05, 3.63) is 0 Å². The van der Waals surface area contributed by atoms with E-state index in [1.54, 1.807) is 0 Å². The number of carbonyl (C=O) groups excluding carboxylic acids is 1. The lowest BCUT2D eigenvalue weighted by atomic mass is 9.80. The number of aliphatic hydroxyl groups excluding tert-OH is 2. The highest BCUT2D eigenvalue weighted by atomic mass is 19.4. The first kappa shape index (κ1) is 29.7. The van der Waals surface area contributed by atoms with Crippen molar-refractivity contribution >= 4 is 5.91 Å². The predicted octanol–water partition coefficient (Wildman–Crippen LogP) is 2.56. The molecule has 0 heterocycles. The molecule has 15 heteroatoms. The number of hydrogen-bond donors (Lipinski definition) is 4. The first-order chi connectivity index (χ1) is 13.6. The zero-order valence-corrected chi connectivity index (χ0v) is 17.0. The zero-order chi connectivity index (χ0) is 25.3. The number of ether oxygens (including phenoxy) is 1. The molecule has 5 N–H and O–H groups in total. The third-order valence-corrected chi connectivity index (χ3v) is 5.24. The van der Waals surface area contributed by atoms with Crippen molar-refractivity contribution in [2.45, 2.75) is 88.0 Å². The SMILES string of the molecule is CCC(C)(F)C(F)(COC(C)(CC)C(F)(C(=O)NC(O)C(N)O)C(F)(F)F)C(F)(F)F. The van der Waals surface area contributed by atoms with Crippen LogP contribution in [0.1, 0.15) is 40.5 Å². The highest BCUT2D eigenvalue weighted by Crippen LogP contribution is 2.50. The molecule has 31 heavy (non-hydrogen) atoms. The summed E-state index contributed by atoms with van der Waals surface area (Å²) in [5, 5.41) is 19.1. The Kier molecular flexibility index (Phi) is 8.88. The van der Waals surface area contributed by atoms with Crippen LogP contribution in [0.2, 0.25) is 0 Å². The Morgan fingerprint density at radius 3 is 1.68 bits per heavy atom. The van der Waals surface area contributed by atoms with Crippen molar-refractivity contribution in [2.24, 2.45) is 5.73 Å². The monoisotopic (exact) mass is 480 g/mol. The van der Waals surface area contributed by atoms with Crippen LogP contribution in [0.5, 0.6) is 0 Å². The van der Waals surface area contributed by atoms with E-state index in [0.29, 0.717) is 0 Å². The van der Waals surface area contributed by atoms with Crippen LogP contribution >= 0.6 is 0 Å². The maximum atomic E-state index is 15.2. The minimum Gasteiger partial charge on any atom is -0.374 e. The van der Waals surface area contributed by atoms with Gasteiger partial charge in [-0.1, -0.05) is 13.8 Å². The molecule has 6 unspecified atom stereocenters. The molecule has 0 aromatic rings. The molecule has 0 aromatic heterocycles. The summed E-state index contributed by atoms with van der Waals surface area (Å²) < 4.78 is 129. The third kappa shape index (κ3) is 5.37. The van der Waals surface area contributed by atoms with E-state index in [4.69, 9.17) is 10.8 Å². The van der Waals surface area contributed by atoms with Crippen molar-refractivity contribution in [1.82, 2.24) is 5.32 Å². The van der Waals surface area contributed by atoms with Gasteiger partial charge >= 0.3 is 18.0 Å². The van der Waals surface area contributed by atoms with Crippen molar-refractivity contribution in [3.63, 3.8) is 0 Å². The summed E-state index contributed by atoms with van der Waals surface area (Å²) in [7, 11) is 0. The lowest BCUT2D eigenvalue weighted by Crippen LogP contribution is -2.70. The lowest BCUT2D eigenvalue weighted by molar-refractivity contribution is -0.319. The van der Waals surface area contributed by atoms with Gasteiger partial charge in [0.25, 0.3) is 11.6 Å². The molecule has 0 rings (SSSR count). The Hall–Kier alpha value is -1.32. The Balaban J connectivity index is 6.36. The Morgan fingerprint density at radius 2 is 1.39 bits per heavy atom. The predicted molar refractivity (Wildman–Crippen MR) is 88.6 cm³/mol. The van der Waals surface area contributed by atoms with Gasteiger partial charge in [0, 0.05) is 0 Å². The van der Waals surface area contributed by atoms with Crippen molar-refractivity contribution in [3.8, 4) is 0 Å². The van der Waals surface area contributed by atoms with E-state index in [1.807, 2.05) is 0 Å². The van der Waals surface area contributed by atoms with E-state index in [-0.39, 0.29) is 13.8 Å². The smallest absolute Gasteiger partial charge is 0.374 e. The molecule has 0 saturated carbocycles. The molecular formula is C16H25F9N2O4. The molecule has 186 valence electrons. The van der Waals surface area contributed by atoms with Crippen LogP contribution in [0.4, 0.5) is 39.5 Å². The number of nitrogens with one attached hydrogen (secondary N) is 1. The van der Waals surface area contributed by atoms with Gasteiger partial charge in [-0.05, 0) is 26.7 Å².